The number of hydrogen-bond donors (Lipinski definition) is 1. The third-order valence-corrected chi connectivity index (χ3v) is 8.44. The van der Waals surface area contributed by atoms with E-state index in [0.29, 0.717) is 34.2 Å². The van der Waals surface area contributed by atoms with Gasteiger partial charge in [-0.25, -0.2) is 4.39 Å². The Balaban J connectivity index is 1.31. The van der Waals surface area contributed by atoms with E-state index in [0.717, 1.165) is 61.8 Å². The molecule has 5 nitrogen and oxygen atoms in total. The van der Waals surface area contributed by atoms with E-state index in [4.69, 9.17) is 27.9 Å². The molecule has 1 aliphatic heterocycles. The minimum atomic E-state index is -1.15. The first-order valence-electron chi connectivity index (χ1n) is 13.3. The van der Waals surface area contributed by atoms with Crippen LogP contribution in [-0.4, -0.2) is 47.7 Å². The molecule has 1 aliphatic rings. The molecule has 2 heterocycles. The number of alkyl halides is 1. The summed E-state index contributed by atoms with van der Waals surface area (Å²) in [7, 11) is 1.59. The molecule has 8 heteroatoms. The van der Waals surface area contributed by atoms with E-state index >= 15 is 4.39 Å². The number of hydrogen-bond acceptors (Lipinski definition) is 4. The van der Waals surface area contributed by atoms with E-state index in [1.807, 2.05) is 36.4 Å². The minimum Gasteiger partial charge on any atom is -0.497 e. The normalized spacial score (nSPS) is 18.9. The summed E-state index contributed by atoms with van der Waals surface area (Å²) < 4.78 is 20.8. The van der Waals surface area contributed by atoms with Crippen LogP contribution in [0.25, 0.3) is 10.9 Å². The van der Waals surface area contributed by atoms with Crippen LogP contribution in [0.3, 0.4) is 0 Å². The van der Waals surface area contributed by atoms with Gasteiger partial charge in [-0.3, -0.25) is 9.78 Å². The zero-order valence-corrected chi connectivity index (χ0v) is 23.2. The van der Waals surface area contributed by atoms with Crippen LogP contribution < -0.4 is 4.74 Å². The lowest BCUT2D eigenvalue weighted by molar-refractivity contribution is -0.139. The van der Waals surface area contributed by atoms with Crippen LogP contribution in [0.5, 0.6) is 5.75 Å². The number of benzene rings is 2. The van der Waals surface area contributed by atoms with Gasteiger partial charge in [0, 0.05) is 34.6 Å². The molecule has 38 heavy (non-hydrogen) atoms. The number of pyridine rings is 1. The van der Waals surface area contributed by atoms with Crippen molar-refractivity contribution < 1.29 is 19.0 Å². The second-order valence-electron chi connectivity index (χ2n) is 10.2. The van der Waals surface area contributed by atoms with Crippen LogP contribution >= 0.6 is 23.2 Å². The zero-order chi connectivity index (χ0) is 27.1. The summed E-state index contributed by atoms with van der Waals surface area (Å²) in [5.41, 5.74) is 2.33. The maximum atomic E-state index is 15.5. The zero-order valence-electron chi connectivity index (χ0n) is 21.7. The molecule has 1 N–H and O–H groups in total. The van der Waals surface area contributed by atoms with Crippen LogP contribution in [0, 0.1) is 11.8 Å². The number of unbranched alkanes of at least 4 members (excludes halogenated alkanes) is 1. The van der Waals surface area contributed by atoms with Crippen molar-refractivity contribution in [3.05, 3.63) is 69.8 Å². The third-order valence-electron chi connectivity index (χ3n) is 7.74. The van der Waals surface area contributed by atoms with Gasteiger partial charge in [0.15, 0.2) is 0 Å². The number of aliphatic carboxylic acids is 1. The molecule has 0 saturated carbocycles. The van der Waals surface area contributed by atoms with Gasteiger partial charge in [0.1, 0.15) is 11.9 Å². The highest BCUT2D eigenvalue weighted by Gasteiger charge is 2.31. The van der Waals surface area contributed by atoms with Crippen molar-refractivity contribution in [3.63, 3.8) is 0 Å². The Morgan fingerprint density at radius 3 is 2.71 bits per heavy atom. The van der Waals surface area contributed by atoms with Crippen LogP contribution in [0.4, 0.5) is 4.39 Å². The number of fused-ring (bicyclic) bond motifs is 1. The predicted octanol–water partition coefficient (Wildman–Crippen LogP) is 7.78. The molecule has 1 fully saturated rings. The molecule has 1 aromatic heterocycles. The number of carboxylic acid groups (broad SMARTS) is 1. The molecule has 204 valence electrons. The molecule has 3 atom stereocenters. The topological polar surface area (TPSA) is 62.7 Å². The lowest BCUT2D eigenvalue weighted by Gasteiger charge is -2.38. The second-order valence-corrected chi connectivity index (χ2v) is 11.0. The third kappa shape index (κ3) is 7.37. The van der Waals surface area contributed by atoms with E-state index in [1.54, 1.807) is 19.4 Å². The Kier molecular flexibility index (Phi) is 10.2. The standard InChI is InChI=1S/C30H35Cl2FN2O3/c1-38-22-9-11-29-25(18-22)23(12-14-34-29)28(33)10-8-20-13-16-35(19-21(20)17-30(36)37)15-3-2-5-24-26(31)6-4-7-27(24)32/h4,6-7,9,11-12,14,18,20-21,28H,2-3,5,8,10,13,15-17,19H2,1H3,(H,36,37)/t20-,21+,28+/m1/s1. The average Bonchev–Trinajstić information content (AvgIpc) is 2.90. The molecule has 2 aromatic carbocycles. The number of ether oxygens (including phenoxy) is 1. The number of piperidine rings is 1. The van der Waals surface area contributed by atoms with E-state index in [-0.39, 0.29) is 18.3 Å². The van der Waals surface area contributed by atoms with Gasteiger partial charge >= 0.3 is 5.97 Å². The average molecular weight is 562 g/mol. The van der Waals surface area contributed by atoms with Crippen LogP contribution in [-0.2, 0) is 11.2 Å². The highest BCUT2D eigenvalue weighted by Crippen LogP contribution is 2.36. The van der Waals surface area contributed by atoms with Gasteiger partial charge in [0.05, 0.1) is 12.6 Å². The number of methoxy groups -OCH3 is 1. The van der Waals surface area contributed by atoms with E-state index in [2.05, 4.69) is 9.88 Å². The number of rotatable bonds is 12. The first kappa shape index (κ1) is 28.6. The van der Waals surface area contributed by atoms with E-state index in [1.165, 1.54) is 0 Å². The predicted molar refractivity (Wildman–Crippen MR) is 151 cm³/mol. The molecular formula is C30H35Cl2FN2O3. The fourth-order valence-electron chi connectivity index (χ4n) is 5.67. The van der Waals surface area contributed by atoms with Gasteiger partial charge < -0.3 is 14.7 Å². The van der Waals surface area contributed by atoms with Gasteiger partial charge in [-0.2, -0.15) is 0 Å². The molecule has 0 amide bonds. The van der Waals surface area contributed by atoms with Crippen LogP contribution in [0.15, 0.2) is 48.7 Å². The maximum Gasteiger partial charge on any atom is 0.303 e. The summed E-state index contributed by atoms with van der Waals surface area (Å²) in [6, 6.07) is 12.8. The number of aromatic nitrogens is 1. The number of carboxylic acids is 1. The van der Waals surface area contributed by atoms with Crippen molar-refractivity contribution in [1.29, 1.82) is 0 Å². The minimum absolute atomic E-state index is 0.0146. The van der Waals surface area contributed by atoms with Gasteiger partial charge in [0.25, 0.3) is 0 Å². The maximum absolute atomic E-state index is 15.5. The summed E-state index contributed by atoms with van der Waals surface area (Å²) in [6.07, 6.45) is 5.27. The number of likely N-dealkylation sites (tertiary alicyclic amines) is 1. The monoisotopic (exact) mass is 560 g/mol. The van der Waals surface area contributed by atoms with Crippen molar-refractivity contribution in [3.8, 4) is 5.75 Å². The Bertz CT molecular complexity index is 1220. The highest BCUT2D eigenvalue weighted by molar-refractivity contribution is 6.35. The Hall–Kier alpha value is -2.41. The lowest BCUT2D eigenvalue weighted by Crippen LogP contribution is -2.41. The SMILES string of the molecule is COc1ccc2nccc([C@@H](F)CC[C@@H]3CCN(CCCCc4c(Cl)cccc4Cl)C[C@@H]3CC(=O)O)c2c1. The summed E-state index contributed by atoms with van der Waals surface area (Å²) in [5, 5.41) is 11.7. The highest BCUT2D eigenvalue weighted by atomic mass is 35.5. The first-order chi connectivity index (χ1) is 18.4. The van der Waals surface area contributed by atoms with E-state index < -0.39 is 12.1 Å². The van der Waals surface area contributed by atoms with Crippen molar-refractivity contribution in [2.45, 2.75) is 51.1 Å². The van der Waals surface area contributed by atoms with Gasteiger partial charge in [-0.15, -0.1) is 0 Å². The molecule has 0 unspecified atom stereocenters. The Morgan fingerprint density at radius 1 is 1.18 bits per heavy atom. The smallest absolute Gasteiger partial charge is 0.303 e. The van der Waals surface area contributed by atoms with Crippen molar-refractivity contribution in [1.82, 2.24) is 9.88 Å². The molecule has 0 aliphatic carbocycles. The number of halogens is 3. The molecule has 1 saturated heterocycles. The van der Waals surface area contributed by atoms with Gasteiger partial charge in [0.2, 0.25) is 0 Å². The summed E-state index contributed by atoms with van der Waals surface area (Å²) in [6.45, 7) is 2.54. The molecule has 0 bridgehead atoms. The Labute approximate surface area is 233 Å². The second kappa shape index (κ2) is 13.6. The number of carbonyl (C=O) groups is 1. The fraction of sp³-hybridized carbons (Fsp3) is 0.467. The summed E-state index contributed by atoms with van der Waals surface area (Å²) >= 11 is 12.6. The Morgan fingerprint density at radius 2 is 1.97 bits per heavy atom. The quantitative estimate of drug-likeness (QED) is 0.229. The van der Waals surface area contributed by atoms with Crippen molar-refractivity contribution in [2.75, 3.05) is 26.7 Å². The fourth-order valence-corrected chi connectivity index (χ4v) is 6.25. The summed E-state index contributed by atoms with van der Waals surface area (Å²) in [5.74, 6) is 0.0768. The molecular weight excluding hydrogens is 526 g/mol. The van der Waals surface area contributed by atoms with E-state index in [9.17, 15) is 9.90 Å². The van der Waals surface area contributed by atoms with Crippen LogP contribution in [0.1, 0.15) is 55.8 Å². The van der Waals surface area contributed by atoms with Crippen LogP contribution in [0.2, 0.25) is 10.0 Å². The molecule has 4 rings (SSSR count). The molecule has 3 aromatic rings. The van der Waals surface area contributed by atoms with Gasteiger partial charge in [-0.1, -0.05) is 29.3 Å². The first-order valence-corrected chi connectivity index (χ1v) is 14.0. The number of nitrogens with zero attached hydrogens (tertiary/aromatic N) is 2. The molecule has 0 radical (unpaired) electrons. The summed E-state index contributed by atoms with van der Waals surface area (Å²) in [4.78, 5) is 18.3. The molecule has 0 spiro atoms. The van der Waals surface area contributed by atoms with Gasteiger partial charge in [-0.05, 0) is 111 Å². The lowest BCUT2D eigenvalue weighted by atomic mass is 9.79. The largest absolute Gasteiger partial charge is 0.497 e. The van der Waals surface area contributed by atoms with Crippen molar-refractivity contribution >= 4 is 40.1 Å². The van der Waals surface area contributed by atoms with Crippen molar-refractivity contribution in [2.24, 2.45) is 11.8 Å².